The van der Waals surface area contributed by atoms with E-state index in [0.717, 1.165) is 0 Å². The van der Waals surface area contributed by atoms with Crippen LogP contribution in [-0.4, -0.2) is 33.4 Å². The molecule has 0 aliphatic heterocycles. The minimum absolute atomic E-state index is 0.159. The van der Waals surface area contributed by atoms with Crippen molar-refractivity contribution in [2.24, 2.45) is 23.7 Å². The van der Waals surface area contributed by atoms with Gasteiger partial charge < -0.3 is 15.3 Å². The maximum absolute atomic E-state index is 10.9. The van der Waals surface area contributed by atoms with E-state index in [1.54, 1.807) is 0 Å². The van der Waals surface area contributed by atoms with E-state index in [1.807, 2.05) is 0 Å². The summed E-state index contributed by atoms with van der Waals surface area (Å²) < 4.78 is 0. The highest BCUT2D eigenvalue weighted by molar-refractivity contribution is 5.81. The Morgan fingerprint density at radius 2 is 1.57 bits per heavy atom. The predicted molar refractivity (Wildman–Crippen MR) is 44.5 cm³/mol. The summed E-state index contributed by atoms with van der Waals surface area (Å²) in [5.41, 5.74) is 0. The Morgan fingerprint density at radius 3 is 2.07 bits per heavy atom. The van der Waals surface area contributed by atoms with E-state index in [9.17, 15) is 14.7 Å². The van der Waals surface area contributed by atoms with Gasteiger partial charge in [0, 0.05) is 0 Å². The van der Waals surface area contributed by atoms with Gasteiger partial charge >= 0.3 is 11.9 Å². The fourth-order valence-corrected chi connectivity index (χ4v) is 3.02. The van der Waals surface area contributed by atoms with Crippen molar-refractivity contribution in [3.05, 3.63) is 0 Å². The molecule has 14 heavy (non-hydrogen) atoms. The third-order valence-corrected chi connectivity index (χ3v) is 3.54. The van der Waals surface area contributed by atoms with Crippen LogP contribution in [0.25, 0.3) is 0 Å². The van der Waals surface area contributed by atoms with Gasteiger partial charge in [-0.05, 0) is 24.7 Å². The van der Waals surface area contributed by atoms with Crippen molar-refractivity contribution in [1.82, 2.24) is 0 Å². The molecule has 78 valence electrons. The minimum Gasteiger partial charge on any atom is -0.481 e. The number of hydrogen-bond donors (Lipinski definition) is 3. The topological polar surface area (TPSA) is 94.8 Å². The molecule has 0 amide bonds. The highest BCUT2D eigenvalue weighted by Gasteiger charge is 2.58. The molecule has 0 unspecified atom stereocenters. The Bertz CT molecular complexity index is 287. The zero-order valence-corrected chi connectivity index (χ0v) is 7.46. The van der Waals surface area contributed by atoms with Crippen LogP contribution in [0.3, 0.4) is 0 Å². The standard InChI is InChI=1S/C9H12O5/c10-5-2-3-1-4(5)7(9(13)14)6(3)8(11)12/h3-7,10H,1-2H2,(H,11,12)(H,13,14)/t3-,4+,5+,6+,7-/m0/s1. The van der Waals surface area contributed by atoms with Crippen LogP contribution in [-0.2, 0) is 9.59 Å². The largest absolute Gasteiger partial charge is 0.481 e. The van der Waals surface area contributed by atoms with Crippen LogP contribution in [0.1, 0.15) is 12.8 Å². The SMILES string of the molecule is O=C(O)[C@@H]1[C@H]2C[C@@H]([C@@H]1C(=O)O)[C@H](O)C2. The number of fused-ring (bicyclic) bond motifs is 2. The van der Waals surface area contributed by atoms with Crippen molar-refractivity contribution >= 4 is 11.9 Å². The Kier molecular flexibility index (Phi) is 1.99. The van der Waals surface area contributed by atoms with Gasteiger partial charge in [0.15, 0.2) is 0 Å². The van der Waals surface area contributed by atoms with Gasteiger partial charge in [-0.3, -0.25) is 9.59 Å². The summed E-state index contributed by atoms with van der Waals surface area (Å²) in [6, 6.07) is 0. The smallest absolute Gasteiger partial charge is 0.307 e. The molecule has 0 aromatic carbocycles. The number of hydrogen-bond acceptors (Lipinski definition) is 3. The van der Waals surface area contributed by atoms with E-state index in [4.69, 9.17) is 10.2 Å². The average molecular weight is 200 g/mol. The molecule has 0 spiro atoms. The van der Waals surface area contributed by atoms with Crippen LogP contribution >= 0.6 is 0 Å². The van der Waals surface area contributed by atoms with E-state index in [1.165, 1.54) is 0 Å². The van der Waals surface area contributed by atoms with E-state index in [-0.39, 0.29) is 11.8 Å². The second-order valence-corrected chi connectivity index (χ2v) is 4.19. The van der Waals surface area contributed by atoms with E-state index in [0.29, 0.717) is 12.8 Å². The van der Waals surface area contributed by atoms with Gasteiger partial charge in [-0.15, -0.1) is 0 Å². The molecular formula is C9H12O5. The van der Waals surface area contributed by atoms with E-state index in [2.05, 4.69) is 0 Å². The first kappa shape index (κ1) is 9.45. The van der Waals surface area contributed by atoms with Gasteiger partial charge in [-0.1, -0.05) is 0 Å². The van der Waals surface area contributed by atoms with Gasteiger partial charge in [0.05, 0.1) is 17.9 Å². The molecule has 0 saturated heterocycles. The maximum Gasteiger partial charge on any atom is 0.307 e. The molecule has 5 atom stereocenters. The van der Waals surface area contributed by atoms with E-state index >= 15 is 0 Å². The monoisotopic (exact) mass is 200 g/mol. The molecule has 0 aromatic rings. The van der Waals surface area contributed by atoms with E-state index < -0.39 is 29.9 Å². The maximum atomic E-state index is 10.9. The molecule has 2 fully saturated rings. The Morgan fingerprint density at radius 1 is 1.00 bits per heavy atom. The summed E-state index contributed by atoms with van der Waals surface area (Å²) in [5.74, 6) is -4.37. The molecule has 2 saturated carbocycles. The first-order chi connectivity index (χ1) is 6.52. The van der Waals surface area contributed by atoms with Crippen molar-refractivity contribution < 1.29 is 24.9 Å². The van der Waals surface area contributed by atoms with Gasteiger partial charge in [0.25, 0.3) is 0 Å². The number of rotatable bonds is 2. The fraction of sp³-hybridized carbons (Fsp3) is 0.778. The zero-order valence-electron chi connectivity index (χ0n) is 7.46. The zero-order chi connectivity index (χ0) is 10.5. The predicted octanol–water partition coefficient (Wildman–Crippen LogP) is -0.211. The third kappa shape index (κ3) is 1.12. The first-order valence-corrected chi connectivity index (χ1v) is 4.66. The van der Waals surface area contributed by atoms with Crippen molar-refractivity contribution in [2.45, 2.75) is 18.9 Å². The van der Waals surface area contributed by atoms with Crippen LogP contribution in [0.15, 0.2) is 0 Å². The lowest BCUT2D eigenvalue weighted by atomic mass is 9.78. The number of aliphatic hydroxyl groups excluding tert-OH is 1. The lowest BCUT2D eigenvalue weighted by Crippen LogP contribution is -2.39. The molecule has 2 aliphatic carbocycles. The van der Waals surface area contributed by atoms with Gasteiger partial charge in [0.1, 0.15) is 0 Å². The van der Waals surface area contributed by atoms with Crippen molar-refractivity contribution in [2.75, 3.05) is 0 Å². The molecule has 2 bridgehead atoms. The highest BCUT2D eigenvalue weighted by atomic mass is 16.4. The molecule has 0 radical (unpaired) electrons. The molecule has 2 rings (SSSR count). The second kappa shape index (κ2) is 2.95. The van der Waals surface area contributed by atoms with Crippen molar-refractivity contribution in [3.8, 4) is 0 Å². The van der Waals surface area contributed by atoms with Crippen molar-refractivity contribution in [1.29, 1.82) is 0 Å². The van der Waals surface area contributed by atoms with Gasteiger partial charge in [0.2, 0.25) is 0 Å². The molecule has 2 aliphatic rings. The summed E-state index contributed by atoms with van der Waals surface area (Å²) >= 11 is 0. The molecule has 3 N–H and O–H groups in total. The second-order valence-electron chi connectivity index (χ2n) is 4.19. The molecule has 0 heterocycles. The lowest BCUT2D eigenvalue weighted by Gasteiger charge is -2.27. The van der Waals surface area contributed by atoms with Crippen molar-refractivity contribution in [3.63, 3.8) is 0 Å². The Labute approximate surface area is 80.4 Å². The Hall–Kier alpha value is -1.10. The summed E-state index contributed by atoms with van der Waals surface area (Å²) in [6.07, 6.45) is 0.345. The van der Waals surface area contributed by atoms with Crippen LogP contribution in [0.2, 0.25) is 0 Å². The summed E-state index contributed by atoms with van der Waals surface area (Å²) in [7, 11) is 0. The lowest BCUT2D eigenvalue weighted by molar-refractivity contribution is -0.158. The van der Waals surface area contributed by atoms with Crippen LogP contribution in [0, 0.1) is 23.7 Å². The van der Waals surface area contributed by atoms with Gasteiger partial charge in [-0.25, -0.2) is 0 Å². The molecule has 5 nitrogen and oxygen atoms in total. The van der Waals surface area contributed by atoms with Crippen LogP contribution in [0.4, 0.5) is 0 Å². The third-order valence-electron chi connectivity index (χ3n) is 3.54. The number of aliphatic hydroxyl groups is 1. The average Bonchev–Trinajstić information content (AvgIpc) is 2.58. The summed E-state index contributed by atoms with van der Waals surface area (Å²) in [4.78, 5) is 21.7. The molecule has 5 heteroatoms. The number of carboxylic acids is 2. The summed E-state index contributed by atoms with van der Waals surface area (Å²) in [6.45, 7) is 0. The summed E-state index contributed by atoms with van der Waals surface area (Å²) in [5, 5.41) is 27.3. The number of carboxylic acid groups (broad SMARTS) is 2. The first-order valence-electron chi connectivity index (χ1n) is 4.66. The van der Waals surface area contributed by atoms with Crippen LogP contribution in [0.5, 0.6) is 0 Å². The quantitative estimate of drug-likeness (QED) is 0.573. The molecular weight excluding hydrogens is 188 g/mol. The fourth-order valence-electron chi connectivity index (χ4n) is 3.02. The van der Waals surface area contributed by atoms with Crippen LogP contribution < -0.4 is 0 Å². The highest BCUT2D eigenvalue weighted by Crippen LogP contribution is 2.52. The number of carbonyl (C=O) groups is 2. The Balaban J connectivity index is 2.27. The normalized spacial score (nSPS) is 45.4. The minimum atomic E-state index is -1.09. The number of aliphatic carboxylic acids is 2. The molecule has 0 aromatic heterocycles. The van der Waals surface area contributed by atoms with Gasteiger partial charge in [-0.2, -0.15) is 0 Å².